The van der Waals surface area contributed by atoms with Crippen molar-refractivity contribution in [1.29, 1.82) is 0 Å². The molecule has 0 aromatic heterocycles. The van der Waals surface area contributed by atoms with E-state index >= 15 is 0 Å². The molecular weight excluding hydrogens is 234 g/mol. The van der Waals surface area contributed by atoms with E-state index in [1.807, 2.05) is 0 Å². The molecule has 1 aliphatic heterocycles. The van der Waals surface area contributed by atoms with Crippen LogP contribution in [0, 0.1) is 5.92 Å². The van der Waals surface area contributed by atoms with Crippen LogP contribution in [0.1, 0.15) is 48.0 Å². The predicted molar refractivity (Wildman–Crippen MR) is 84.7 cm³/mol. The van der Waals surface area contributed by atoms with Crippen molar-refractivity contribution in [3.05, 3.63) is 0 Å². The third-order valence-corrected chi connectivity index (χ3v) is 3.87. The van der Waals surface area contributed by atoms with E-state index in [4.69, 9.17) is 0 Å². The zero-order valence-electron chi connectivity index (χ0n) is 14.0. The Balaban J connectivity index is 2.19. The molecule has 1 unspecified atom stereocenters. The molecule has 19 heavy (non-hydrogen) atoms. The van der Waals surface area contributed by atoms with Crippen LogP contribution in [0.25, 0.3) is 0 Å². The van der Waals surface area contributed by atoms with Crippen LogP contribution in [0.15, 0.2) is 0 Å². The molecule has 1 N–H and O–H groups in total. The molecule has 0 bridgehead atoms. The lowest BCUT2D eigenvalue weighted by Crippen LogP contribution is -2.51. The summed E-state index contributed by atoms with van der Waals surface area (Å²) in [4.78, 5) is 5.27. The minimum Gasteiger partial charge on any atom is -0.312 e. The van der Waals surface area contributed by atoms with Crippen molar-refractivity contribution in [2.45, 2.75) is 59.5 Å². The van der Waals surface area contributed by atoms with Gasteiger partial charge in [0.2, 0.25) is 0 Å². The van der Waals surface area contributed by atoms with Gasteiger partial charge in [-0.3, -0.25) is 4.90 Å². The van der Waals surface area contributed by atoms with Gasteiger partial charge in [0.05, 0.1) is 0 Å². The van der Waals surface area contributed by atoms with Crippen molar-refractivity contribution >= 4 is 0 Å². The maximum Gasteiger partial charge on any atom is 0.0113 e. The van der Waals surface area contributed by atoms with Gasteiger partial charge in [-0.25, -0.2) is 0 Å². The molecule has 0 spiro atoms. The van der Waals surface area contributed by atoms with Gasteiger partial charge in [-0.1, -0.05) is 13.8 Å². The highest BCUT2D eigenvalue weighted by Crippen LogP contribution is 2.10. The monoisotopic (exact) mass is 269 g/mol. The van der Waals surface area contributed by atoms with Gasteiger partial charge < -0.3 is 10.2 Å². The van der Waals surface area contributed by atoms with Crippen molar-refractivity contribution in [1.82, 2.24) is 15.1 Å². The molecule has 3 nitrogen and oxygen atoms in total. The van der Waals surface area contributed by atoms with E-state index in [0.29, 0.717) is 6.04 Å². The second-order valence-electron chi connectivity index (χ2n) is 7.54. The Kier molecular flexibility index (Phi) is 6.78. The molecule has 0 aromatic rings. The molecule has 0 amide bonds. The predicted octanol–water partition coefficient (Wildman–Crippen LogP) is 2.43. The summed E-state index contributed by atoms with van der Waals surface area (Å²) in [6.07, 6.45) is 1.25. The van der Waals surface area contributed by atoms with Crippen LogP contribution >= 0.6 is 0 Å². The van der Waals surface area contributed by atoms with Crippen LogP contribution in [0.2, 0.25) is 0 Å². The molecule has 0 aliphatic carbocycles. The maximum absolute atomic E-state index is 3.59. The number of hydrogen-bond acceptors (Lipinski definition) is 3. The Morgan fingerprint density at radius 1 is 1.00 bits per heavy atom. The van der Waals surface area contributed by atoms with Crippen LogP contribution in [0.3, 0.4) is 0 Å². The molecule has 1 saturated heterocycles. The summed E-state index contributed by atoms with van der Waals surface area (Å²) in [5, 5.41) is 3.59. The van der Waals surface area contributed by atoms with Gasteiger partial charge in [0, 0.05) is 44.3 Å². The minimum atomic E-state index is 0.246. The highest BCUT2D eigenvalue weighted by atomic mass is 15.3. The quantitative estimate of drug-likeness (QED) is 0.799. The first kappa shape index (κ1) is 16.9. The van der Waals surface area contributed by atoms with Crippen molar-refractivity contribution in [2.24, 2.45) is 5.92 Å². The third kappa shape index (κ3) is 7.28. The lowest BCUT2D eigenvalue weighted by atomic mass is 10.1. The Morgan fingerprint density at radius 2 is 1.58 bits per heavy atom. The van der Waals surface area contributed by atoms with E-state index in [1.54, 1.807) is 0 Å². The van der Waals surface area contributed by atoms with Crippen LogP contribution in [-0.2, 0) is 0 Å². The molecule has 1 aliphatic rings. The van der Waals surface area contributed by atoms with Crippen molar-refractivity contribution in [3.63, 3.8) is 0 Å². The van der Waals surface area contributed by atoms with Crippen LogP contribution in [0.5, 0.6) is 0 Å². The third-order valence-electron chi connectivity index (χ3n) is 3.87. The summed E-state index contributed by atoms with van der Waals surface area (Å²) in [5.41, 5.74) is 0.246. The molecule has 0 radical (unpaired) electrons. The van der Waals surface area contributed by atoms with Crippen LogP contribution in [-0.4, -0.2) is 60.6 Å². The number of rotatable bonds is 6. The van der Waals surface area contributed by atoms with Crippen LogP contribution < -0.4 is 5.32 Å². The van der Waals surface area contributed by atoms with E-state index in [0.717, 1.165) is 12.5 Å². The fraction of sp³-hybridized carbons (Fsp3) is 1.00. The number of piperazine rings is 1. The van der Waals surface area contributed by atoms with Gasteiger partial charge in [-0.15, -0.1) is 0 Å². The van der Waals surface area contributed by atoms with E-state index in [9.17, 15) is 0 Å². The Morgan fingerprint density at radius 3 is 2.05 bits per heavy atom. The second kappa shape index (κ2) is 7.61. The van der Waals surface area contributed by atoms with E-state index in [2.05, 4.69) is 56.7 Å². The molecule has 1 fully saturated rings. The summed E-state index contributed by atoms with van der Waals surface area (Å²) in [6.45, 7) is 21.1. The van der Waals surface area contributed by atoms with Crippen molar-refractivity contribution in [2.75, 3.05) is 39.3 Å². The van der Waals surface area contributed by atoms with Crippen molar-refractivity contribution in [3.8, 4) is 0 Å². The first-order chi connectivity index (χ1) is 8.78. The lowest BCUT2D eigenvalue weighted by Gasteiger charge is -2.39. The lowest BCUT2D eigenvalue weighted by molar-refractivity contribution is 0.0910. The van der Waals surface area contributed by atoms with Gasteiger partial charge in [-0.05, 0) is 46.6 Å². The molecule has 3 heteroatoms. The molecular formula is C16H35N3. The maximum atomic E-state index is 3.59. The molecule has 1 atom stereocenters. The normalized spacial score (nSPS) is 21.0. The number of nitrogens with zero attached hydrogens (tertiary/aromatic N) is 2. The average Bonchev–Trinajstić information content (AvgIpc) is 2.27. The SMILES string of the molecule is CC(C)CN1CCN(C(C)CCNC(C)(C)C)CC1. The van der Waals surface area contributed by atoms with Gasteiger partial charge in [0.15, 0.2) is 0 Å². The highest BCUT2D eigenvalue weighted by molar-refractivity contribution is 4.78. The van der Waals surface area contributed by atoms with E-state index in [-0.39, 0.29) is 5.54 Å². The highest BCUT2D eigenvalue weighted by Gasteiger charge is 2.21. The Hall–Kier alpha value is -0.120. The zero-order valence-corrected chi connectivity index (χ0v) is 14.0. The van der Waals surface area contributed by atoms with Crippen LogP contribution in [0.4, 0.5) is 0 Å². The first-order valence-electron chi connectivity index (χ1n) is 7.99. The molecule has 0 saturated carbocycles. The van der Waals surface area contributed by atoms with Gasteiger partial charge in [-0.2, -0.15) is 0 Å². The summed E-state index contributed by atoms with van der Waals surface area (Å²) in [6, 6.07) is 0.705. The van der Waals surface area contributed by atoms with Gasteiger partial charge >= 0.3 is 0 Å². The Bertz CT molecular complexity index is 237. The smallest absolute Gasteiger partial charge is 0.0113 e. The summed E-state index contributed by atoms with van der Waals surface area (Å²) in [5.74, 6) is 0.792. The largest absolute Gasteiger partial charge is 0.312 e. The van der Waals surface area contributed by atoms with E-state index < -0.39 is 0 Å². The number of nitrogens with one attached hydrogen (secondary N) is 1. The summed E-state index contributed by atoms with van der Waals surface area (Å²) in [7, 11) is 0. The van der Waals surface area contributed by atoms with Gasteiger partial charge in [0.1, 0.15) is 0 Å². The minimum absolute atomic E-state index is 0.246. The first-order valence-corrected chi connectivity index (χ1v) is 7.99. The van der Waals surface area contributed by atoms with E-state index in [1.165, 1.54) is 39.1 Å². The molecule has 1 heterocycles. The number of hydrogen-bond donors (Lipinski definition) is 1. The Labute approximate surface area is 120 Å². The average molecular weight is 269 g/mol. The fourth-order valence-corrected chi connectivity index (χ4v) is 2.74. The molecule has 1 rings (SSSR count). The standard InChI is InChI=1S/C16H35N3/c1-14(2)13-18-9-11-19(12-10-18)15(3)7-8-17-16(4,5)6/h14-15,17H,7-13H2,1-6H3. The fourth-order valence-electron chi connectivity index (χ4n) is 2.74. The topological polar surface area (TPSA) is 18.5 Å². The molecule has 0 aromatic carbocycles. The molecule has 114 valence electrons. The van der Waals surface area contributed by atoms with Gasteiger partial charge in [0.25, 0.3) is 0 Å². The van der Waals surface area contributed by atoms with Crippen molar-refractivity contribution < 1.29 is 0 Å². The zero-order chi connectivity index (χ0) is 14.5. The second-order valence-corrected chi connectivity index (χ2v) is 7.54. The summed E-state index contributed by atoms with van der Waals surface area (Å²) < 4.78 is 0. The summed E-state index contributed by atoms with van der Waals surface area (Å²) >= 11 is 0.